The molecule has 0 saturated carbocycles. The molecule has 0 spiro atoms. The van der Waals surface area contributed by atoms with E-state index in [1.165, 1.54) is 0 Å². The van der Waals surface area contributed by atoms with Crippen LogP contribution in [0.15, 0.2) is 27.2 Å². The molecular weight excluding hydrogens is 330 g/mol. The molecule has 2 aromatic rings. The SMILES string of the molecule is Clc1ccc(-c2noc(C3CCNCC3)n2)cc1Br. The fourth-order valence-corrected chi connectivity index (χ4v) is 2.72. The summed E-state index contributed by atoms with van der Waals surface area (Å²) in [6.45, 7) is 2.02. The Hall–Kier alpha value is -0.910. The molecule has 6 heteroatoms. The maximum Gasteiger partial charge on any atom is 0.230 e. The van der Waals surface area contributed by atoms with Gasteiger partial charge in [0.1, 0.15) is 0 Å². The lowest BCUT2D eigenvalue weighted by atomic mass is 9.98. The smallest absolute Gasteiger partial charge is 0.230 e. The van der Waals surface area contributed by atoms with Crippen molar-refractivity contribution in [1.29, 1.82) is 0 Å². The average Bonchev–Trinajstić information content (AvgIpc) is 2.93. The van der Waals surface area contributed by atoms with Gasteiger partial charge in [-0.1, -0.05) is 16.8 Å². The minimum absolute atomic E-state index is 0.373. The molecule has 1 N–H and O–H groups in total. The molecule has 0 bridgehead atoms. The van der Waals surface area contributed by atoms with Gasteiger partial charge in [0.2, 0.25) is 11.7 Å². The molecule has 0 aliphatic carbocycles. The second-order valence-electron chi connectivity index (χ2n) is 4.61. The van der Waals surface area contributed by atoms with Crippen LogP contribution in [0.1, 0.15) is 24.7 Å². The van der Waals surface area contributed by atoms with Gasteiger partial charge in [0.05, 0.1) is 5.02 Å². The van der Waals surface area contributed by atoms with Crippen molar-refractivity contribution in [1.82, 2.24) is 15.5 Å². The van der Waals surface area contributed by atoms with Gasteiger partial charge < -0.3 is 9.84 Å². The maximum atomic E-state index is 5.98. The van der Waals surface area contributed by atoms with Gasteiger partial charge >= 0.3 is 0 Å². The summed E-state index contributed by atoms with van der Waals surface area (Å²) in [5, 5.41) is 8.06. The molecule has 1 aromatic carbocycles. The van der Waals surface area contributed by atoms with E-state index >= 15 is 0 Å². The van der Waals surface area contributed by atoms with Crippen LogP contribution >= 0.6 is 27.5 Å². The zero-order valence-corrected chi connectivity index (χ0v) is 12.5. The van der Waals surface area contributed by atoms with Crippen molar-refractivity contribution < 1.29 is 4.52 Å². The maximum absolute atomic E-state index is 5.98. The van der Waals surface area contributed by atoms with Crippen molar-refractivity contribution in [2.45, 2.75) is 18.8 Å². The third-order valence-corrected chi connectivity index (χ3v) is 4.52. The molecule has 3 rings (SSSR count). The third kappa shape index (κ3) is 2.83. The van der Waals surface area contributed by atoms with E-state index in [0.29, 0.717) is 16.8 Å². The largest absolute Gasteiger partial charge is 0.339 e. The van der Waals surface area contributed by atoms with E-state index in [1.807, 2.05) is 18.2 Å². The fourth-order valence-electron chi connectivity index (χ4n) is 2.22. The molecule has 0 amide bonds. The molecule has 19 heavy (non-hydrogen) atoms. The van der Waals surface area contributed by atoms with Crippen LogP contribution in [0.4, 0.5) is 0 Å². The Kier molecular flexibility index (Phi) is 3.86. The second-order valence-corrected chi connectivity index (χ2v) is 5.87. The Labute approximate surface area is 124 Å². The molecule has 0 unspecified atom stereocenters. The van der Waals surface area contributed by atoms with Gasteiger partial charge in [0.25, 0.3) is 0 Å². The number of aromatic nitrogens is 2. The first kappa shape index (κ1) is 13.1. The van der Waals surface area contributed by atoms with Gasteiger partial charge in [-0.15, -0.1) is 0 Å². The van der Waals surface area contributed by atoms with Crippen molar-refractivity contribution in [3.8, 4) is 11.4 Å². The molecular formula is C13H13BrClN3O. The van der Waals surface area contributed by atoms with E-state index in [-0.39, 0.29) is 0 Å². The Morgan fingerprint density at radius 1 is 1.32 bits per heavy atom. The number of nitrogens with zero attached hydrogens (tertiary/aromatic N) is 2. The summed E-state index contributed by atoms with van der Waals surface area (Å²) >= 11 is 9.38. The van der Waals surface area contributed by atoms with Gasteiger partial charge in [-0.25, -0.2) is 0 Å². The molecule has 1 fully saturated rings. The van der Waals surface area contributed by atoms with Gasteiger partial charge in [-0.05, 0) is 60.1 Å². The highest BCUT2D eigenvalue weighted by atomic mass is 79.9. The number of rotatable bonds is 2. The minimum Gasteiger partial charge on any atom is -0.339 e. The number of hydrogen-bond donors (Lipinski definition) is 1. The van der Waals surface area contributed by atoms with Crippen LogP contribution in [0.3, 0.4) is 0 Å². The first-order valence-corrected chi connectivity index (χ1v) is 7.41. The summed E-state index contributed by atoms with van der Waals surface area (Å²) in [5.41, 5.74) is 0.903. The van der Waals surface area contributed by atoms with Gasteiger partial charge in [-0.2, -0.15) is 4.98 Å². The minimum atomic E-state index is 0.373. The number of piperidine rings is 1. The molecule has 1 saturated heterocycles. The monoisotopic (exact) mass is 341 g/mol. The summed E-state index contributed by atoms with van der Waals surface area (Å²) in [5.74, 6) is 1.73. The van der Waals surface area contributed by atoms with Gasteiger partial charge in [-0.3, -0.25) is 0 Å². The summed E-state index contributed by atoms with van der Waals surface area (Å²) in [6.07, 6.45) is 2.10. The molecule has 100 valence electrons. The Morgan fingerprint density at radius 2 is 2.11 bits per heavy atom. The van der Waals surface area contributed by atoms with E-state index in [4.69, 9.17) is 16.1 Å². The predicted octanol–water partition coefficient (Wildman–Crippen LogP) is 3.62. The first-order valence-electron chi connectivity index (χ1n) is 6.24. The van der Waals surface area contributed by atoms with E-state index in [1.54, 1.807) is 0 Å². The van der Waals surface area contributed by atoms with E-state index in [2.05, 4.69) is 31.4 Å². The molecule has 1 aliphatic heterocycles. The average molecular weight is 343 g/mol. The Bertz CT molecular complexity index is 581. The summed E-state index contributed by atoms with van der Waals surface area (Å²) < 4.78 is 6.22. The first-order chi connectivity index (χ1) is 9.24. The van der Waals surface area contributed by atoms with Crippen LogP contribution in [-0.4, -0.2) is 23.2 Å². The molecule has 2 heterocycles. The molecule has 1 aliphatic rings. The van der Waals surface area contributed by atoms with Crippen LogP contribution in [0.2, 0.25) is 5.02 Å². The normalized spacial score (nSPS) is 16.7. The molecule has 0 atom stereocenters. The zero-order valence-electron chi connectivity index (χ0n) is 10.2. The lowest BCUT2D eigenvalue weighted by molar-refractivity contribution is 0.320. The summed E-state index contributed by atoms with van der Waals surface area (Å²) in [6, 6.07) is 5.62. The lowest BCUT2D eigenvalue weighted by Gasteiger charge is -2.18. The van der Waals surface area contributed by atoms with Crippen LogP contribution in [0, 0.1) is 0 Å². The quantitative estimate of drug-likeness (QED) is 0.905. The topological polar surface area (TPSA) is 51.0 Å². The fraction of sp³-hybridized carbons (Fsp3) is 0.385. The zero-order chi connectivity index (χ0) is 13.2. The van der Waals surface area contributed by atoms with E-state index in [9.17, 15) is 0 Å². The van der Waals surface area contributed by atoms with Crippen molar-refractivity contribution in [3.63, 3.8) is 0 Å². The lowest BCUT2D eigenvalue weighted by Crippen LogP contribution is -2.26. The van der Waals surface area contributed by atoms with Gasteiger partial charge in [0, 0.05) is 16.0 Å². The number of benzene rings is 1. The third-order valence-electron chi connectivity index (χ3n) is 3.31. The standard InChI is InChI=1S/C13H13BrClN3O/c14-10-7-9(1-2-11(10)15)12-17-13(19-18-12)8-3-5-16-6-4-8/h1-2,7-8,16H,3-6H2. The number of hydrogen-bond acceptors (Lipinski definition) is 4. The number of nitrogens with one attached hydrogen (secondary N) is 1. The van der Waals surface area contributed by atoms with Crippen LogP contribution in [0.5, 0.6) is 0 Å². The summed E-state index contributed by atoms with van der Waals surface area (Å²) in [4.78, 5) is 4.51. The Balaban J connectivity index is 1.85. The summed E-state index contributed by atoms with van der Waals surface area (Å²) in [7, 11) is 0. The van der Waals surface area contributed by atoms with Crippen LogP contribution < -0.4 is 5.32 Å². The van der Waals surface area contributed by atoms with Crippen molar-refractivity contribution in [2.75, 3.05) is 13.1 Å². The van der Waals surface area contributed by atoms with Crippen LogP contribution in [-0.2, 0) is 0 Å². The highest BCUT2D eigenvalue weighted by molar-refractivity contribution is 9.10. The number of halogens is 2. The second kappa shape index (κ2) is 5.61. The van der Waals surface area contributed by atoms with E-state index in [0.717, 1.165) is 41.9 Å². The van der Waals surface area contributed by atoms with Crippen molar-refractivity contribution >= 4 is 27.5 Å². The highest BCUT2D eigenvalue weighted by Gasteiger charge is 2.21. The van der Waals surface area contributed by atoms with Crippen LogP contribution in [0.25, 0.3) is 11.4 Å². The Morgan fingerprint density at radius 3 is 2.84 bits per heavy atom. The molecule has 1 aromatic heterocycles. The predicted molar refractivity (Wildman–Crippen MR) is 77.3 cm³/mol. The molecule has 0 radical (unpaired) electrons. The molecule has 4 nitrogen and oxygen atoms in total. The van der Waals surface area contributed by atoms with E-state index < -0.39 is 0 Å². The van der Waals surface area contributed by atoms with Crippen molar-refractivity contribution in [2.24, 2.45) is 0 Å². The highest BCUT2D eigenvalue weighted by Crippen LogP contribution is 2.29. The van der Waals surface area contributed by atoms with Crippen molar-refractivity contribution in [3.05, 3.63) is 33.6 Å². The van der Waals surface area contributed by atoms with Gasteiger partial charge in [0.15, 0.2) is 0 Å².